The van der Waals surface area contributed by atoms with Crippen LogP contribution in [0.4, 0.5) is 0 Å². The number of carboxylic acid groups (broad SMARTS) is 1. The number of β-amino-alcohol motifs (C(OH)–C–C–N with tert-alkyl or cyclic N) is 1. The monoisotopic (exact) mass is 201 g/mol. The van der Waals surface area contributed by atoms with Gasteiger partial charge in [-0.1, -0.05) is 0 Å². The molecule has 0 radical (unpaired) electrons. The smallest absolute Gasteiger partial charge is 0.305 e. The second-order valence-corrected chi connectivity index (χ2v) is 4.77. The SMILES string of the molecule is CC1CC(O)CN1C(C)(C)CC(=O)O. The van der Waals surface area contributed by atoms with Crippen molar-refractivity contribution in [2.45, 2.75) is 51.3 Å². The Bertz CT molecular complexity index is 227. The van der Waals surface area contributed by atoms with Crippen LogP contribution in [0.15, 0.2) is 0 Å². The highest BCUT2D eigenvalue weighted by atomic mass is 16.4. The van der Waals surface area contributed by atoms with E-state index in [1.54, 1.807) is 0 Å². The predicted octanol–water partition coefficient (Wildman–Crippen LogP) is 0.695. The summed E-state index contributed by atoms with van der Waals surface area (Å²) in [5.74, 6) is -0.788. The van der Waals surface area contributed by atoms with Gasteiger partial charge in [-0.2, -0.15) is 0 Å². The van der Waals surface area contributed by atoms with Crippen LogP contribution in [0.25, 0.3) is 0 Å². The highest BCUT2D eigenvalue weighted by Crippen LogP contribution is 2.28. The fourth-order valence-corrected chi connectivity index (χ4v) is 2.32. The molecule has 0 amide bonds. The summed E-state index contributed by atoms with van der Waals surface area (Å²) < 4.78 is 0. The summed E-state index contributed by atoms with van der Waals surface area (Å²) in [7, 11) is 0. The topological polar surface area (TPSA) is 60.8 Å². The van der Waals surface area contributed by atoms with Gasteiger partial charge >= 0.3 is 5.97 Å². The number of likely N-dealkylation sites (tertiary alicyclic amines) is 1. The molecular weight excluding hydrogens is 182 g/mol. The largest absolute Gasteiger partial charge is 0.481 e. The van der Waals surface area contributed by atoms with E-state index in [1.165, 1.54) is 0 Å². The van der Waals surface area contributed by atoms with Gasteiger partial charge in [-0.15, -0.1) is 0 Å². The van der Waals surface area contributed by atoms with Gasteiger partial charge in [0.2, 0.25) is 0 Å². The summed E-state index contributed by atoms with van der Waals surface area (Å²) in [5, 5.41) is 18.3. The molecule has 14 heavy (non-hydrogen) atoms. The summed E-state index contributed by atoms with van der Waals surface area (Å²) in [4.78, 5) is 12.7. The first-order chi connectivity index (χ1) is 6.33. The molecule has 1 aliphatic heterocycles. The van der Waals surface area contributed by atoms with E-state index in [1.807, 2.05) is 20.8 Å². The van der Waals surface area contributed by atoms with E-state index >= 15 is 0 Å². The maximum absolute atomic E-state index is 10.7. The lowest BCUT2D eigenvalue weighted by atomic mass is 9.97. The van der Waals surface area contributed by atoms with E-state index in [-0.39, 0.29) is 24.1 Å². The Morgan fingerprint density at radius 2 is 2.14 bits per heavy atom. The van der Waals surface area contributed by atoms with Crippen LogP contribution in [0.2, 0.25) is 0 Å². The maximum Gasteiger partial charge on any atom is 0.305 e. The van der Waals surface area contributed by atoms with Crippen LogP contribution in [-0.2, 0) is 4.79 Å². The minimum absolute atomic E-state index is 0.115. The fraction of sp³-hybridized carbons (Fsp3) is 0.900. The van der Waals surface area contributed by atoms with Crippen molar-refractivity contribution >= 4 is 5.97 Å². The molecule has 82 valence electrons. The van der Waals surface area contributed by atoms with Crippen LogP contribution in [0.3, 0.4) is 0 Å². The number of carboxylic acids is 1. The average molecular weight is 201 g/mol. The van der Waals surface area contributed by atoms with Gasteiger partial charge < -0.3 is 10.2 Å². The van der Waals surface area contributed by atoms with Gasteiger partial charge in [-0.25, -0.2) is 0 Å². The minimum atomic E-state index is -0.788. The first-order valence-electron chi connectivity index (χ1n) is 4.99. The first kappa shape index (κ1) is 11.5. The first-order valence-corrected chi connectivity index (χ1v) is 4.99. The zero-order chi connectivity index (χ0) is 10.9. The molecule has 0 bridgehead atoms. The number of carbonyl (C=O) groups is 1. The van der Waals surface area contributed by atoms with Crippen LogP contribution in [0.1, 0.15) is 33.6 Å². The van der Waals surface area contributed by atoms with Crippen LogP contribution < -0.4 is 0 Å². The molecule has 0 saturated carbocycles. The molecule has 0 aromatic heterocycles. The molecule has 2 atom stereocenters. The van der Waals surface area contributed by atoms with Gasteiger partial charge in [-0.05, 0) is 27.2 Å². The summed E-state index contributed by atoms with van der Waals surface area (Å²) in [5.41, 5.74) is -0.372. The third-order valence-corrected chi connectivity index (χ3v) is 2.91. The van der Waals surface area contributed by atoms with Crippen LogP contribution in [0, 0.1) is 0 Å². The van der Waals surface area contributed by atoms with Crippen molar-refractivity contribution in [2.24, 2.45) is 0 Å². The van der Waals surface area contributed by atoms with Gasteiger partial charge in [0.25, 0.3) is 0 Å². The Hall–Kier alpha value is -0.610. The molecule has 2 unspecified atom stereocenters. The third-order valence-electron chi connectivity index (χ3n) is 2.91. The zero-order valence-corrected chi connectivity index (χ0v) is 9.03. The molecule has 0 aliphatic carbocycles. The van der Waals surface area contributed by atoms with Gasteiger partial charge in [0.05, 0.1) is 12.5 Å². The number of hydrogen-bond acceptors (Lipinski definition) is 3. The van der Waals surface area contributed by atoms with Gasteiger partial charge in [-0.3, -0.25) is 9.69 Å². The summed E-state index contributed by atoms with van der Waals surface area (Å²) in [6.45, 7) is 6.44. The van der Waals surface area contributed by atoms with Crippen molar-refractivity contribution < 1.29 is 15.0 Å². The van der Waals surface area contributed by atoms with E-state index in [0.29, 0.717) is 6.54 Å². The quantitative estimate of drug-likeness (QED) is 0.705. The van der Waals surface area contributed by atoms with Crippen LogP contribution >= 0.6 is 0 Å². The molecule has 1 aliphatic rings. The van der Waals surface area contributed by atoms with Gasteiger partial charge in [0, 0.05) is 18.1 Å². The van der Waals surface area contributed by atoms with E-state index in [2.05, 4.69) is 4.90 Å². The Labute approximate surface area is 84.5 Å². The van der Waals surface area contributed by atoms with Gasteiger partial charge in [0.1, 0.15) is 0 Å². The normalized spacial score (nSPS) is 29.4. The molecule has 2 N–H and O–H groups in total. The predicted molar refractivity (Wildman–Crippen MR) is 53.1 cm³/mol. The Morgan fingerprint density at radius 3 is 2.50 bits per heavy atom. The lowest BCUT2D eigenvalue weighted by Gasteiger charge is -2.37. The van der Waals surface area contributed by atoms with E-state index in [9.17, 15) is 9.90 Å². The second-order valence-electron chi connectivity index (χ2n) is 4.77. The van der Waals surface area contributed by atoms with Crippen molar-refractivity contribution in [3.63, 3.8) is 0 Å². The van der Waals surface area contributed by atoms with E-state index in [0.717, 1.165) is 6.42 Å². The molecule has 1 rings (SSSR count). The fourth-order valence-electron chi connectivity index (χ4n) is 2.32. The number of aliphatic carboxylic acids is 1. The molecule has 4 nitrogen and oxygen atoms in total. The Kier molecular flexibility index (Phi) is 3.17. The highest BCUT2D eigenvalue weighted by Gasteiger charge is 2.38. The van der Waals surface area contributed by atoms with Crippen molar-refractivity contribution in [3.8, 4) is 0 Å². The minimum Gasteiger partial charge on any atom is -0.481 e. The molecule has 4 heteroatoms. The zero-order valence-electron chi connectivity index (χ0n) is 9.03. The van der Waals surface area contributed by atoms with Crippen LogP contribution in [-0.4, -0.2) is 45.3 Å². The van der Waals surface area contributed by atoms with Crippen molar-refractivity contribution in [1.82, 2.24) is 4.90 Å². The number of aliphatic hydroxyl groups excluding tert-OH is 1. The van der Waals surface area contributed by atoms with Crippen molar-refractivity contribution in [2.75, 3.05) is 6.54 Å². The standard InChI is InChI=1S/C10H19NO3/c1-7-4-8(12)6-11(7)10(2,3)5-9(13)14/h7-8,12H,4-6H2,1-3H3,(H,13,14). The summed E-state index contributed by atoms with van der Waals surface area (Å²) >= 11 is 0. The molecule has 1 fully saturated rings. The van der Waals surface area contributed by atoms with Gasteiger partial charge in [0.15, 0.2) is 0 Å². The lowest BCUT2D eigenvalue weighted by Crippen LogP contribution is -2.47. The lowest BCUT2D eigenvalue weighted by molar-refractivity contribution is -0.140. The van der Waals surface area contributed by atoms with Crippen molar-refractivity contribution in [3.05, 3.63) is 0 Å². The number of hydrogen-bond donors (Lipinski definition) is 2. The molecule has 1 saturated heterocycles. The van der Waals surface area contributed by atoms with E-state index in [4.69, 9.17) is 5.11 Å². The Balaban J connectivity index is 2.67. The van der Waals surface area contributed by atoms with E-state index < -0.39 is 5.97 Å². The summed E-state index contributed by atoms with van der Waals surface area (Å²) in [6, 6.07) is 0.263. The maximum atomic E-state index is 10.7. The Morgan fingerprint density at radius 1 is 1.57 bits per heavy atom. The molecule has 0 spiro atoms. The molecule has 0 aromatic rings. The average Bonchev–Trinajstić information content (AvgIpc) is 2.27. The summed E-state index contributed by atoms with van der Waals surface area (Å²) in [6.07, 6.45) is 0.547. The second kappa shape index (κ2) is 3.87. The molecular formula is C10H19NO3. The number of aliphatic hydroxyl groups is 1. The van der Waals surface area contributed by atoms with Crippen LogP contribution in [0.5, 0.6) is 0 Å². The number of nitrogens with zero attached hydrogens (tertiary/aromatic N) is 1. The highest BCUT2D eigenvalue weighted by molar-refractivity contribution is 5.68. The van der Waals surface area contributed by atoms with Crippen molar-refractivity contribution in [1.29, 1.82) is 0 Å². The third kappa shape index (κ3) is 2.45. The molecule has 1 heterocycles. The molecule has 0 aromatic carbocycles. The number of rotatable bonds is 3.